The van der Waals surface area contributed by atoms with Crippen LogP contribution in [-0.4, -0.2) is 36.1 Å². The van der Waals surface area contributed by atoms with E-state index in [2.05, 4.69) is 14.6 Å². The third kappa shape index (κ3) is 2.58. The monoisotopic (exact) mass is 220 g/mol. The van der Waals surface area contributed by atoms with Crippen molar-refractivity contribution in [3.8, 4) is 0 Å². The van der Waals surface area contributed by atoms with Gasteiger partial charge in [0.2, 0.25) is 0 Å². The van der Waals surface area contributed by atoms with Crippen LogP contribution in [0.3, 0.4) is 0 Å². The first-order chi connectivity index (χ1) is 7.79. The summed E-state index contributed by atoms with van der Waals surface area (Å²) in [7, 11) is 1.39. The van der Waals surface area contributed by atoms with E-state index < -0.39 is 0 Å². The smallest absolute Gasteiger partial charge is 0.337 e. The largest absolute Gasteiger partial charge is 0.465 e. The molecule has 0 aliphatic carbocycles. The fourth-order valence-corrected chi connectivity index (χ4v) is 1.98. The molecule has 0 aromatic carbocycles. The zero-order valence-corrected chi connectivity index (χ0v) is 9.48. The Morgan fingerprint density at radius 3 is 2.94 bits per heavy atom. The summed E-state index contributed by atoms with van der Waals surface area (Å²) in [6.07, 6.45) is 4.19. The normalized spacial score (nSPS) is 16.3. The summed E-state index contributed by atoms with van der Waals surface area (Å²) < 4.78 is 4.68. The minimum atomic E-state index is -0.301. The van der Waals surface area contributed by atoms with Crippen LogP contribution in [0.15, 0.2) is 18.3 Å². The van der Waals surface area contributed by atoms with Gasteiger partial charge in [-0.1, -0.05) is 0 Å². The van der Waals surface area contributed by atoms with E-state index in [1.54, 1.807) is 12.3 Å². The number of pyridine rings is 1. The third-order valence-corrected chi connectivity index (χ3v) is 2.82. The van der Waals surface area contributed by atoms with E-state index in [4.69, 9.17) is 0 Å². The maximum atomic E-state index is 11.3. The Hall–Kier alpha value is -1.42. The number of esters is 1. The number of carbonyl (C=O) groups is 1. The maximum Gasteiger partial charge on any atom is 0.337 e. The molecule has 2 heterocycles. The molecule has 16 heavy (non-hydrogen) atoms. The van der Waals surface area contributed by atoms with Gasteiger partial charge in [0.1, 0.15) is 0 Å². The number of rotatable bonds is 3. The second-order valence-electron chi connectivity index (χ2n) is 4.01. The summed E-state index contributed by atoms with van der Waals surface area (Å²) in [5.41, 5.74) is 1.51. The first-order valence-corrected chi connectivity index (χ1v) is 5.55. The molecular weight excluding hydrogens is 204 g/mol. The van der Waals surface area contributed by atoms with Gasteiger partial charge in [-0.3, -0.25) is 9.88 Å². The quantitative estimate of drug-likeness (QED) is 0.723. The first kappa shape index (κ1) is 11.1. The Balaban J connectivity index is 2.06. The van der Waals surface area contributed by atoms with Gasteiger partial charge in [-0.05, 0) is 38.1 Å². The fraction of sp³-hybridized carbons (Fsp3) is 0.500. The molecule has 1 aromatic heterocycles. The molecule has 1 fully saturated rings. The minimum absolute atomic E-state index is 0.301. The van der Waals surface area contributed by atoms with E-state index in [1.807, 2.05) is 6.07 Å². The van der Waals surface area contributed by atoms with E-state index in [1.165, 1.54) is 20.0 Å². The Bertz CT molecular complexity index is 373. The number of hydrogen-bond acceptors (Lipinski definition) is 4. The standard InChI is InChI=1S/C12H16N2O2/c1-16-12(15)10-4-5-13-11(8-10)9-14-6-2-3-7-14/h4-5,8H,2-3,6-7,9H2,1H3. The molecule has 0 amide bonds. The van der Waals surface area contributed by atoms with E-state index in [9.17, 15) is 4.79 Å². The topological polar surface area (TPSA) is 42.4 Å². The highest BCUT2D eigenvalue weighted by Gasteiger charge is 2.13. The highest BCUT2D eigenvalue weighted by molar-refractivity contribution is 5.89. The summed E-state index contributed by atoms with van der Waals surface area (Å²) in [6, 6.07) is 3.49. The Morgan fingerprint density at radius 2 is 2.25 bits per heavy atom. The van der Waals surface area contributed by atoms with E-state index in [-0.39, 0.29) is 5.97 Å². The number of methoxy groups -OCH3 is 1. The van der Waals surface area contributed by atoms with Gasteiger partial charge in [-0.25, -0.2) is 4.79 Å². The molecular formula is C12H16N2O2. The molecule has 0 spiro atoms. The molecule has 0 atom stereocenters. The van der Waals surface area contributed by atoms with Crippen molar-refractivity contribution in [1.82, 2.24) is 9.88 Å². The van der Waals surface area contributed by atoms with Gasteiger partial charge in [0.05, 0.1) is 18.4 Å². The molecule has 4 nitrogen and oxygen atoms in total. The zero-order chi connectivity index (χ0) is 11.4. The Morgan fingerprint density at radius 1 is 1.50 bits per heavy atom. The van der Waals surface area contributed by atoms with Crippen LogP contribution >= 0.6 is 0 Å². The molecule has 1 saturated heterocycles. The second-order valence-corrected chi connectivity index (χ2v) is 4.01. The maximum absolute atomic E-state index is 11.3. The Kier molecular flexibility index (Phi) is 3.51. The lowest BCUT2D eigenvalue weighted by molar-refractivity contribution is 0.0600. The van der Waals surface area contributed by atoms with Gasteiger partial charge in [0, 0.05) is 12.7 Å². The molecule has 0 radical (unpaired) electrons. The van der Waals surface area contributed by atoms with Gasteiger partial charge in [-0.15, -0.1) is 0 Å². The predicted octanol–water partition coefficient (Wildman–Crippen LogP) is 1.46. The molecule has 1 aliphatic rings. The van der Waals surface area contributed by atoms with E-state index in [0.717, 1.165) is 25.3 Å². The van der Waals surface area contributed by atoms with Crippen LogP contribution in [0.1, 0.15) is 28.9 Å². The number of nitrogens with zero attached hydrogens (tertiary/aromatic N) is 2. The van der Waals surface area contributed by atoms with Crippen molar-refractivity contribution in [2.75, 3.05) is 20.2 Å². The van der Waals surface area contributed by atoms with Crippen LogP contribution in [-0.2, 0) is 11.3 Å². The number of aromatic nitrogens is 1. The highest BCUT2D eigenvalue weighted by atomic mass is 16.5. The van der Waals surface area contributed by atoms with Gasteiger partial charge in [0.15, 0.2) is 0 Å². The lowest BCUT2D eigenvalue weighted by atomic mass is 10.2. The number of likely N-dealkylation sites (tertiary alicyclic amines) is 1. The van der Waals surface area contributed by atoms with Gasteiger partial charge in [0.25, 0.3) is 0 Å². The van der Waals surface area contributed by atoms with Crippen molar-refractivity contribution >= 4 is 5.97 Å². The summed E-state index contributed by atoms with van der Waals surface area (Å²) >= 11 is 0. The SMILES string of the molecule is COC(=O)c1ccnc(CN2CCCC2)c1. The summed E-state index contributed by atoms with van der Waals surface area (Å²) in [4.78, 5) is 18.0. The van der Waals surface area contributed by atoms with Gasteiger partial charge < -0.3 is 4.74 Å². The van der Waals surface area contributed by atoms with Crippen LogP contribution in [0.25, 0.3) is 0 Å². The van der Waals surface area contributed by atoms with Crippen LogP contribution in [0.5, 0.6) is 0 Å². The van der Waals surface area contributed by atoms with Crippen LogP contribution in [0, 0.1) is 0 Å². The summed E-state index contributed by atoms with van der Waals surface area (Å²) in [5.74, 6) is -0.301. The average molecular weight is 220 g/mol. The molecule has 0 unspecified atom stereocenters. The van der Waals surface area contributed by atoms with Crippen LogP contribution in [0.4, 0.5) is 0 Å². The van der Waals surface area contributed by atoms with Crippen molar-refractivity contribution in [2.24, 2.45) is 0 Å². The molecule has 4 heteroatoms. The molecule has 2 rings (SSSR count). The first-order valence-electron chi connectivity index (χ1n) is 5.55. The average Bonchev–Trinajstić information content (AvgIpc) is 2.81. The summed E-state index contributed by atoms with van der Waals surface area (Å²) in [6.45, 7) is 3.08. The molecule has 1 aromatic rings. The van der Waals surface area contributed by atoms with Crippen molar-refractivity contribution < 1.29 is 9.53 Å². The third-order valence-electron chi connectivity index (χ3n) is 2.82. The van der Waals surface area contributed by atoms with Gasteiger partial charge >= 0.3 is 5.97 Å². The highest BCUT2D eigenvalue weighted by Crippen LogP contribution is 2.12. The number of hydrogen-bond donors (Lipinski definition) is 0. The molecule has 0 bridgehead atoms. The van der Waals surface area contributed by atoms with Crippen molar-refractivity contribution in [3.05, 3.63) is 29.6 Å². The van der Waals surface area contributed by atoms with E-state index in [0.29, 0.717) is 5.56 Å². The minimum Gasteiger partial charge on any atom is -0.465 e. The molecule has 0 saturated carbocycles. The van der Waals surface area contributed by atoms with E-state index >= 15 is 0 Å². The predicted molar refractivity (Wildman–Crippen MR) is 60.1 cm³/mol. The van der Waals surface area contributed by atoms with Gasteiger partial charge in [-0.2, -0.15) is 0 Å². The molecule has 0 N–H and O–H groups in total. The Labute approximate surface area is 95.2 Å². The van der Waals surface area contributed by atoms with Crippen molar-refractivity contribution in [2.45, 2.75) is 19.4 Å². The lowest BCUT2D eigenvalue weighted by Crippen LogP contribution is -2.19. The number of carbonyl (C=O) groups excluding carboxylic acids is 1. The number of ether oxygens (including phenoxy) is 1. The van der Waals surface area contributed by atoms with Crippen molar-refractivity contribution in [3.63, 3.8) is 0 Å². The fourth-order valence-electron chi connectivity index (χ4n) is 1.98. The molecule has 1 aliphatic heterocycles. The zero-order valence-electron chi connectivity index (χ0n) is 9.48. The van der Waals surface area contributed by atoms with Crippen molar-refractivity contribution in [1.29, 1.82) is 0 Å². The summed E-state index contributed by atoms with van der Waals surface area (Å²) in [5, 5.41) is 0. The second kappa shape index (κ2) is 5.07. The van der Waals surface area contributed by atoms with Crippen LogP contribution < -0.4 is 0 Å². The van der Waals surface area contributed by atoms with Crippen LogP contribution in [0.2, 0.25) is 0 Å². The lowest BCUT2D eigenvalue weighted by Gasteiger charge is -2.13. The molecule has 86 valence electrons.